The molecule has 0 unspecified atom stereocenters. The Hall–Kier alpha value is -2.61. The maximum Gasteiger partial charge on any atom is 0.315 e. The molecule has 0 bridgehead atoms. The second-order valence-electron chi connectivity index (χ2n) is 7.81. The quantitative estimate of drug-likeness (QED) is 0.574. The number of carbonyl (C=O) groups is 1. The molecule has 30 heavy (non-hydrogen) atoms. The summed E-state index contributed by atoms with van der Waals surface area (Å²) in [6, 6.07) is 8.01. The fourth-order valence-electron chi connectivity index (χ4n) is 3.93. The molecule has 2 heterocycles. The van der Waals surface area contributed by atoms with Crippen molar-refractivity contribution in [3.63, 3.8) is 0 Å². The summed E-state index contributed by atoms with van der Waals surface area (Å²) in [5, 5.41) is 10.8. The van der Waals surface area contributed by atoms with Gasteiger partial charge in [-0.05, 0) is 44.0 Å². The van der Waals surface area contributed by atoms with Crippen LogP contribution in [0.2, 0.25) is 0 Å². The Kier molecular flexibility index (Phi) is 6.52. The van der Waals surface area contributed by atoms with Crippen LogP contribution in [0.25, 0.3) is 16.3 Å². The van der Waals surface area contributed by atoms with E-state index >= 15 is 0 Å². The molecule has 0 saturated heterocycles. The van der Waals surface area contributed by atoms with Gasteiger partial charge in [0.2, 0.25) is 4.96 Å². The molecule has 2 amide bonds. The summed E-state index contributed by atoms with van der Waals surface area (Å²) in [4.78, 5) is 19.0. The predicted octanol–water partition coefficient (Wildman–Crippen LogP) is 4.34. The van der Waals surface area contributed by atoms with Gasteiger partial charge in [-0.25, -0.2) is 9.31 Å². The second-order valence-corrected chi connectivity index (χ2v) is 8.87. The molecule has 1 fully saturated rings. The van der Waals surface area contributed by atoms with Crippen molar-refractivity contribution in [1.29, 1.82) is 0 Å². The van der Waals surface area contributed by atoms with Crippen molar-refractivity contribution < 1.29 is 9.53 Å². The van der Waals surface area contributed by atoms with Crippen LogP contribution in [0.15, 0.2) is 24.3 Å². The minimum atomic E-state index is -0.0548. The van der Waals surface area contributed by atoms with Gasteiger partial charge in [0.05, 0.1) is 12.8 Å². The average molecular weight is 428 g/mol. The monoisotopic (exact) mass is 427 g/mol. The Labute approximate surface area is 180 Å². The zero-order valence-electron chi connectivity index (χ0n) is 17.6. The van der Waals surface area contributed by atoms with E-state index in [-0.39, 0.29) is 6.03 Å². The molecule has 0 atom stereocenters. The number of hydrogen-bond donors (Lipinski definition) is 2. The number of benzene rings is 1. The highest BCUT2D eigenvalue weighted by molar-refractivity contribution is 7.17. The first-order valence-electron chi connectivity index (χ1n) is 10.7. The van der Waals surface area contributed by atoms with E-state index in [0.29, 0.717) is 18.4 Å². The van der Waals surface area contributed by atoms with Gasteiger partial charge in [-0.3, -0.25) is 0 Å². The Morgan fingerprint density at radius 1 is 1.20 bits per heavy atom. The van der Waals surface area contributed by atoms with Gasteiger partial charge in [-0.15, -0.1) is 5.10 Å². The molecular weight excluding hydrogens is 398 g/mol. The number of nitrogens with zero attached hydrogens (tertiary/aromatic N) is 3. The van der Waals surface area contributed by atoms with Gasteiger partial charge in [0.25, 0.3) is 0 Å². The maximum absolute atomic E-state index is 12.2. The van der Waals surface area contributed by atoms with Crippen LogP contribution in [0.4, 0.5) is 4.79 Å². The molecule has 1 aromatic carbocycles. The molecule has 160 valence electrons. The predicted molar refractivity (Wildman–Crippen MR) is 119 cm³/mol. The first-order chi connectivity index (χ1) is 14.6. The van der Waals surface area contributed by atoms with E-state index in [1.165, 1.54) is 30.6 Å². The van der Waals surface area contributed by atoms with Crippen LogP contribution >= 0.6 is 11.3 Å². The number of methoxy groups -OCH3 is 1. The fourth-order valence-corrected chi connectivity index (χ4v) is 4.98. The molecule has 4 rings (SSSR count). The minimum Gasteiger partial charge on any atom is -0.497 e. The van der Waals surface area contributed by atoms with Gasteiger partial charge in [-0.2, -0.15) is 4.98 Å². The molecule has 0 aliphatic heterocycles. The largest absolute Gasteiger partial charge is 0.497 e. The third kappa shape index (κ3) is 4.75. The van der Waals surface area contributed by atoms with Crippen molar-refractivity contribution in [2.45, 2.75) is 57.9 Å². The molecule has 1 aliphatic rings. The van der Waals surface area contributed by atoms with Crippen LogP contribution in [-0.4, -0.2) is 40.3 Å². The van der Waals surface area contributed by atoms with Crippen molar-refractivity contribution in [2.75, 3.05) is 13.7 Å². The zero-order valence-corrected chi connectivity index (χ0v) is 18.4. The third-order valence-electron chi connectivity index (χ3n) is 5.69. The number of amides is 2. The lowest BCUT2D eigenvalue weighted by Gasteiger charge is -2.16. The smallest absolute Gasteiger partial charge is 0.315 e. The molecule has 1 saturated carbocycles. The molecule has 2 N–H and O–H groups in total. The summed E-state index contributed by atoms with van der Waals surface area (Å²) >= 11 is 1.63. The van der Waals surface area contributed by atoms with Gasteiger partial charge in [-0.1, -0.05) is 37.0 Å². The first-order valence-corrected chi connectivity index (χ1v) is 11.5. The maximum atomic E-state index is 12.2. The molecule has 8 heteroatoms. The first kappa shape index (κ1) is 20.7. The SMILES string of the molecule is COc1ccc(-c2nc3sc(CCNC(=O)NC4CCCCCC4)c(C)n3n2)cc1. The average Bonchev–Trinajstić information content (AvgIpc) is 3.17. The number of aromatic nitrogens is 3. The van der Waals surface area contributed by atoms with E-state index in [4.69, 9.17) is 4.74 Å². The van der Waals surface area contributed by atoms with E-state index in [0.717, 1.165) is 41.2 Å². The molecule has 7 nitrogen and oxygen atoms in total. The lowest BCUT2D eigenvalue weighted by atomic mass is 10.1. The molecule has 2 aromatic heterocycles. The van der Waals surface area contributed by atoms with E-state index in [1.807, 2.05) is 28.8 Å². The summed E-state index contributed by atoms with van der Waals surface area (Å²) < 4.78 is 7.10. The number of fused-ring (bicyclic) bond motifs is 1. The summed E-state index contributed by atoms with van der Waals surface area (Å²) in [5.74, 6) is 1.52. The molecule has 0 spiro atoms. The highest BCUT2D eigenvalue weighted by Gasteiger charge is 2.16. The van der Waals surface area contributed by atoms with Crippen LogP contribution in [0, 0.1) is 6.92 Å². The molecule has 1 aliphatic carbocycles. The van der Waals surface area contributed by atoms with Crippen LogP contribution in [-0.2, 0) is 6.42 Å². The normalized spacial score (nSPS) is 15.1. The number of thiazole rings is 1. The van der Waals surface area contributed by atoms with Crippen molar-refractivity contribution >= 4 is 22.3 Å². The Bertz CT molecular complexity index is 987. The number of rotatable bonds is 6. The fraction of sp³-hybridized carbons (Fsp3) is 0.500. The van der Waals surface area contributed by atoms with E-state index in [9.17, 15) is 4.79 Å². The minimum absolute atomic E-state index is 0.0548. The summed E-state index contributed by atoms with van der Waals surface area (Å²) in [6.07, 6.45) is 7.96. The number of aryl methyl sites for hydroxylation is 1. The number of nitrogens with one attached hydrogen (secondary N) is 2. The Morgan fingerprint density at radius 2 is 1.93 bits per heavy atom. The number of urea groups is 1. The summed E-state index contributed by atoms with van der Waals surface area (Å²) in [5.41, 5.74) is 2.04. The number of ether oxygens (including phenoxy) is 1. The van der Waals surface area contributed by atoms with Gasteiger partial charge >= 0.3 is 6.03 Å². The third-order valence-corrected chi connectivity index (χ3v) is 6.88. The van der Waals surface area contributed by atoms with Crippen LogP contribution < -0.4 is 15.4 Å². The topological polar surface area (TPSA) is 80.5 Å². The number of carbonyl (C=O) groups excluding carboxylic acids is 1. The summed E-state index contributed by atoms with van der Waals surface area (Å²) in [6.45, 7) is 2.66. The molecule has 3 aromatic rings. The van der Waals surface area contributed by atoms with E-state index < -0.39 is 0 Å². The standard InChI is InChI=1S/C22H29N5O2S/c1-15-19(13-14-23-21(28)24-17-7-5-3-4-6-8-17)30-22-25-20(26-27(15)22)16-9-11-18(29-2)12-10-16/h9-12,17H,3-8,13-14H2,1-2H3,(H2,23,24,28). The Balaban J connectivity index is 1.33. The van der Waals surface area contributed by atoms with E-state index in [1.54, 1.807) is 18.4 Å². The van der Waals surface area contributed by atoms with E-state index in [2.05, 4.69) is 27.6 Å². The molecule has 0 radical (unpaired) electrons. The van der Waals surface area contributed by atoms with Gasteiger partial charge in [0.15, 0.2) is 5.82 Å². The highest BCUT2D eigenvalue weighted by atomic mass is 32.1. The molecular formula is C22H29N5O2S. The van der Waals surface area contributed by atoms with Crippen LogP contribution in [0.1, 0.15) is 49.1 Å². The zero-order chi connectivity index (χ0) is 20.9. The highest BCUT2D eigenvalue weighted by Crippen LogP contribution is 2.26. The Morgan fingerprint density at radius 3 is 2.60 bits per heavy atom. The van der Waals surface area contributed by atoms with Crippen LogP contribution in [0.3, 0.4) is 0 Å². The van der Waals surface area contributed by atoms with Crippen molar-refractivity contribution in [2.24, 2.45) is 0 Å². The lowest BCUT2D eigenvalue weighted by Crippen LogP contribution is -2.42. The van der Waals surface area contributed by atoms with Gasteiger partial charge < -0.3 is 15.4 Å². The van der Waals surface area contributed by atoms with Gasteiger partial charge in [0.1, 0.15) is 5.75 Å². The number of hydrogen-bond acceptors (Lipinski definition) is 5. The van der Waals surface area contributed by atoms with Crippen molar-refractivity contribution in [1.82, 2.24) is 25.2 Å². The second kappa shape index (κ2) is 9.47. The lowest BCUT2D eigenvalue weighted by molar-refractivity contribution is 0.235. The van der Waals surface area contributed by atoms with Crippen molar-refractivity contribution in [3.05, 3.63) is 34.8 Å². The van der Waals surface area contributed by atoms with Gasteiger partial charge in [0, 0.05) is 29.4 Å². The van der Waals surface area contributed by atoms with Crippen molar-refractivity contribution in [3.8, 4) is 17.1 Å². The summed E-state index contributed by atoms with van der Waals surface area (Å²) in [7, 11) is 1.65. The van der Waals surface area contributed by atoms with Crippen LogP contribution in [0.5, 0.6) is 5.75 Å².